The molecule has 1 saturated heterocycles. The number of nitrogens with one attached hydrogen (secondary N) is 1. The Morgan fingerprint density at radius 3 is 3.10 bits per heavy atom. The molecule has 0 amide bonds. The molecule has 0 bridgehead atoms. The number of hydrogen-bond donors (Lipinski definition) is 1. The Morgan fingerprint density at radius 1 is 1.55 bits per heavy atom. The van der Waals surface area contributed by atoms with Crippen molar-refractivity contribution in [2.24, 2.45) is 0 Å². The van der Waals surface area contributed by atoms with E-state index in [4.69, 9.17) is 4.74 Å². The summed E-state index contributed by atoms with van der Waals surface area (Å²) in [6.07, 6.45) is 5.82. The Bertz CT molecular complexity index is 413. The minimum atomic E-state index is 0.370. The minimum absolute atomic E-state index is 0.370. The Morgan fingerprint density at radius 2 is 2.40 bits per heavy atom. The molecular formula is C15H27N3OS. The standard InChI is InChI=1S/C15H27N3OS/c1-4-19-9-6-8-16-14-17-13(2)11-18(14)12-15(3)7-5-10-20-15/h11H,4-10,12H2,1-3H3,(H,16,17). The number of aryl methyl sites for hydroxylation is 1. The highest BCUT2D eigenvalue weighted by Crippen LogP contribution is 2.39. The summed E-state index contributed by atoms with van der Waals surface area (Å²) in [5.74, 6) is 2.30. The van der Waals surface area contributed by atoms with Crippen molar-refractivity contribution in [1.82, 2.24) is 9.55 Å². The second-order valence-electron chi connectivity index (χ2n) is 5.71. The fourth-order valence-electron chi connectivity index (χ4n) is 2.65. The highest BCUT2D eigenvalue weighted by atomic mass is 32.2. The molecule has 1 unspecified atom stereocenters. The summed E-state index contributed by atoms with van der Waals surface area (Å²) in [5, 5.41) is 3.45. The first-order chi connectivity index (χ1) is 9.63. The SMILES string of the molecule is CCOCCCNc1nc(C)cn1CC1(C)CCCS1. The van der Waals surface area contributed by atoms with E-state index in [1.807, 2.05) is 6.92 Å². The first-order valence-electron chi connectivity index (χ1n) is 7.62. The van der Waals surface area contributed by atoms with Gasteiger partial charge in [-0.1, -0.05) is 0 Å². The van der Waals surface area contributed by atoms with Crippen molar-refractivity contribution >= 4 is 17.7 Å². The van der Waals surface area contributed by atoms with Crippen LogP contribution < -0.4 is 5.32 Å². The van der Waals surface area contributed by atoms with E-state index >= 15 is 0 Å². The van der Waals surface area contributed by atoms with E-state index in [2.05, 4.69) is 46.7 Å². The predicted molar refractivity (Wildman–Crippen MR) is 86.7 cm³/mol. The van der Waals surface area contributed by atoms with Crippen molar-refractivity contribution in [2.45, 2.75) is 51.3 Å². The molecule has 20 heavy (non-hydrogen) atoms. The van der Waals surface area contributed by atoms with Crippen molar-refractivity contribution in [3.05, 3.63) is 11.9 Å². The molecule has 5 heteroatoms. The van der Waals surface area contributed by atoms with Gasteiger partial charge in [0.15, 0.2) is 0 Å². The Kier molecular flexibility index (Phi) is 5.78. The smallest absolute Gasteiger partial charge is 0.203 e. The zero-order valence-corrected chi connectivity index (χ0v) is 13.8. The van der Waals surface area contributed by atoms with E-state index in [1.54, 1.807) is 0 Å². The average molecular weight is 297 g/mol. The van der Waals surface area contributed by atoms with Gasteiger partial charge >= 0.3 is 0 Å². The average Bonchev–Trinajstić information content (AvgIpc) is 2.96. The zero-order chi connectivity index (χ0) is 14.4. The van der Waals surface area contributed by atoms with Gasteiger partial charge in [0, 0.05) is 37.2 Å². The first-order valence-corrected chi connectivity index (χ1v) is 8.61. The number of thioether (sulfide) groups is 1. The second-order valence-corrected chi connectivity index (χ2v) is 7.40. The summed E-state index contributed by atoms with van der Waals surface area (Å²) in [6, 6.07) is 0. The van der Waals surface area contributed by atoms with Gasteiger partial charge in [0.1, 0.15) is 0 Å². The fourth-order valence-corrected chi connectivity index (χ4v) is 3.95. The van der Waals surface area contributed by atoms with Crippen LogP contribution in [-0.4, -0.2) is 39.8 Å². The molecule has 0 spiro atoms. The summed E-state index contributed by atoms with van der Waals surface area (Å²) in [5.41, 5.74) is 1.09. The molecule has 1 N–H and O–H groups in total. The van der Waals surface area contributed by atoms with Crippen molar-refractivity contribution in [2.75, 3.05) is 30.8 Å². The van der Waals surface area contributed by atoms with E-state index in [9.17, 15) is 0 Å². The molecule has 4 nitrogen and oxygen atoms in total. The summed E-state index contributed by atoms with van der Waals surface area (Å²) in [4.78, 5) is 4.60. The van der Waals surface area contributed by atoms with Gasteiger partial charge in [-0.3, -0.25) is 0 Å². The van der Waals surface area contributed by atoms with Crippen LogP contribution in [0.2, 0.25) is 0 Å². The lowest BCUT2D eigenvalue weighted by atomic mass is 10.1. The number of rotatable bonds is 8. The highest BCUT2D eigenvalue weighted by Gasteiger charge is 2.30. The molecule has 1 fully saturated rings. The normalized spacial score (nSPS) is 22.4. The van der Waals surface area contributed by atoms with Crippen LogP contribution in [0.5, 0.6) is 0 Å². The molecule has 1 aliphatic rings. The lowest BCUT2D eigenvalue weighted by Gasteiger charge is -2.24. The molecule has 1 atom stereocenters. The van der Waals surface area contributed by atoms with Crippen LogP contribution >= 0.6 is 11.8 Å². The third-order valence-electron chi connectivity index (χ3n) is 3.65. The van der Waals surface area contributed by atoms with Crippen LogP contribution in [0.15, 0.2) is 6.20 Å². The Balaban J connectivity index is 1.88. The van der Waals surface area contributed by atoms with Crippen molar-refractivity contribution < 1.29 is 4.74 Å². The van der Waals surface area contributed by atoms with Gasteiger partial charge in [-0.2, -0.15) is 11.8 Å². The fraction of sp³-hybridized carbons (Fsp3) is 0.800. The third kappa shape index (κ3) is 4.42. The molecule has 1 aromatic heterocycles. The van der Waals surface area contributed by atoms with Crippen molar-refractivity contribution in [1.29, 1.82) is 0 Å². The summed E-state index contributed by atoms with van der Waals surface area (Å²) in [7, 11) is 0. The van der Waals surface area contributed by atoms with E-state index in [1.165, 1.54) is 18.6 Å². The quantitative estimate of drug-likeness (QED) is 0.747. The van der Waals surface area contributed by atoms with Crippen LogP contribution in [0.25, 0.3) is 0 Å². The number of hydrogen-bond acceptors (Lipinski definition) is 4. The lowest BCUT2D eigenvalue weighted by molar-refractivity contribution is 0.147. The van der Waals surface area contributed by atoms with Crippen molar-refractivity contribution in [3.8, 4) is 0 Å². The van der Waals surface area contributed by atoms with Crippen LogP contribution in [0, 0.1) is 6.92 Å². The Labute approximate surface area is 126 Å². The molecule has 0 saturated carbocycles. The van der Waals surface area contributed by atoms with Crippen LogP contribution in [-0.2, 0) is 11.3 Å². The van der Waals surface area contributed by atoms with Gasteiger partial charge in [-0.15, -0.1) is 0 Å². The molecule has 114 valence electrons. The van der Waals surface area contributed by atoms with Gasteiger partial charge in [0.25, 0.3) is 0 Å². The lowest BCUT2D eigenvalue weighted by Crippen LogP contribution is -2.24. The van der Waals surface area contributed by atoms with Gasteiger partial charge in [0.2, 0.25) is 5.95 Å². The molecule has 1 aromatic rings. The van der Waals surface area contributed by atoms with Crippen LogP contribution in [0.1, 0.15) is 38.8 Å². The molecule has 2 heterocycles. The van der Waals surface area contributed by atoms with Crippen LogP contribution in [0.4, 0.5) is 5.95 Å². The summed E-state index contributed by atoms with van der Waals surface area (Å²) in [6.45, 7) is 10.0. The van der Waals surface area contributed by atoms with E-state index in [0.29, 0.717) is 4.75 Å². The van der Waals surface area contributed by atoms with E-state index < -0.39 is 0 Å². The van der Waals surface area contributed by atoms with Gasteiger partial charge < -0.3 is 14.6 Å². The topological polar surface area (TPSA) is 39.1 Å². The largest absolute Gasteiger partial charge is 0.382 e. The molecular weight excluding hydrogens is 270 g/mol. The summed E-state index contributed by atoms with van der Waals surface area (Å²) < 4.78 is 8.02. The first kappa shape index (κ1) is 15.7. The maximum Gasteiger partial charge on any atom is 0.203 e. The Hall–Kier alpha value is -0.680. The predicted octanol–water partition coefficient (Wildman–Crippen LogP) is 3.32. The zero-order valence-electron chi connectivity index (χ0n) is 12.9. The van der Waals surface area contributed by atoms with Gasteiger partial charge in [-0.25, -0.2) is 4.98 Å². The monoisotopic (exact) mass is 297 g/mol. The molecule has 0 radical (unpaired) electrons. The van der Waals surface area contributed by atoms with Gasteiger partial charge in [0.05, 0.1) is 5.69 Å². The molecule has 0 aromatic carbocycles. The number of nitrogens with zero attached hydrogens (tertiary/aromatic N) is 2. The third-order valence-corrected chi connectivity index (χ3v) is 5.18. The molecule has 1 aliphatic heterocycles. The van der Waals surface area contributed by atoms with E-state index in [-0.39, 0.29) is 0 Å². The number of imidazole rings is 1. The second kappa shape index (κ2) is 7.36. The molecule has 0 aliphatic carbocycles. The maximum absolute atomic E-state index is 5.36. The number of anilines is 1. The summed E-state index contributed by atoms with van der Waals surface area (Å²) >= 11 is 2.10. The minimum Gasteiger partial charge on any atom is -0.382 e. The van der Waals surface area contributed by atoms with E-state index in [0.717, 1.165) is 44.4 Å². The van der Waals surface area contributed by atoms with Crippen LogP contribution in [0.3, 0.4) is 0 Å². The van der Waals surface area contributed by atoms with Crippen molar-refractivity contribution in [3.63, 3.8) is 0 Å². The maximum atomic E-state index is 5.36. The number of aromatic nitrogens is 2. The van der Waals surface area contributed by atoms with Gasteiger partial charge in [-0.05, 0) is 45.8 Å². The number of ether oxygens (including phenoxy) is 1. The molecule has 2 rings (SSSR count). The highest BCUT2D eigenvalue weighted by molar-refractivity contribution is 8.00.